The van der Waals surface area contributed by atoms with Gasteiger partial charge in [-0.1, -0.05) is 289 Å². The molecule has 0 spiro atoms. The Balaban J connectivity index is 4.38. The van der Waals surface area contributed by atoms with E-state index in [0.717, 1.165) is 141 Å². The van der Waals surface area contributed by atoms with E-state index >= 15 is 0 Å². The minimum Gasteiger partial charge on any atom is -0.462 e. The molecule has 0 aromatic carbocycles. The molecular formula is C76H126O6. The minimum atomic E-state index is -0.794. The van der Waals surface area contributed by atoms with Gasteiger partial charge < -0.3 is 14.2 Å². The molecular weight excluding hydrogens is 1010 g/mol. The Morgan fingerprint density at radius 1 is 0.256 bits per heavy atom. The summed E-state index contributed by atoms with van der Waals surface area (Å²) in [6.45, 7) is 6.41. The largest absolute Gasteiger partial charge is 0.462 e. The summed E-state index contributed by atoms with van der Waals surface area (Å²) in [6, 6.07) is 0. The fourth-order valence-electron chi connectivity index (χ4n) is 9.32. The molecule has 6 nitrogen and oxygen atoms in total. The molecule has 0 aromatic rings. The van der Waals surface area contributed by atoms with Crippen LogP contribution in [0, 0.1) is 0 Å². The molecule has 82 heavy (non-hydrogen) atoms. The van der Waals surface area contributed by atoms with Crippen molar-refractivity contribution in [1.82, 2.24) is 0 Å². The van der Waals surface area contributed by atoms with Crippen molar-refractivity contribution in [3.63, 3.8) is 0 Å². The predicted octanol–water partition coefficient (Wildman–Crippen LogP) is 23.7. The molecule has 0 aliphatic heterocycles. The molecule has 466 valence electrons. The van der Waals surface area contributed by atoms with Gasteiger partial charge in [-0.2, -0.15) is 0 Å². The Morgan fingerprint density at radius 2 is 0.476 bits per heavy atom. The highest BCUT2D eigenvalue weighted by atomic mass is 16.6. The molecule has 0 aliphatic rings. The van der Waals surface area contributed by atoms with Crippen LogP contribution < -0.4 is 0 Å². The Morgan fingerprint density at radius 3 is 0.756 bits per heavy atom. The fourth-order valence-corrected chi connectivity index (χ4v) is 9.32. The van der Waals surface area contributed by atoms with Crippen molar-refractivity contribution in [3.05, 3.63) is 134 Å². The maximum absolute atomic E-state index is 13.0. The van der Waals surface area contributed by atoms with Crippen molar-refractivity contribution in [2.45, 2.75) is 316 Å². The molecule has 0 N–H and O–H groups in total. The maximum atomic E-state index is 13.0. The van der Waals surface area contributed by atoms with Gasteiger partial charge in [0.25, 0.3) is 0 Å². The number of unbranched alkanes of at least 4 members (excludes halogenated alkanes) is 28. The normalized spacial score (nSPS) is 13.0. The second kappa shape index (κ2) is 69.0. The van der Waals surface area contributed by atoms with Crippen molar-refractivity contribution in [1.29, 1.82) is 0 Å². The maximum Gasteiger partial charge on any atom is 0.306 e. The third kappa shape index (κ3) is 66.4. The van der Waals surface area contributed by atoms with E-state index in [1.165, 1.54) is 128 Å². The van der Waals surface area contributed by atoms with Crippen LogP contribution in [-0.4, -0.2) is 37.2 Å². The first-order valence-electron chi connectivity index (χ1n) is 34.2. The number of hydrogen-bond donors (Lipinski definition) is 0. The van der Waals surface area contributed by atoms with E-state index in [0.29, 0.717) is 19.3 Å². The van der Waals surface area contributed by atoms with Crippen molar-refractivity contribution >= 4 is 17.9 Å². The van der Waals surface area contributed by atoms with Gasteiger partial charge in [-0.15, -0.1) is 0 Å². The van der Waals surface area contributed by atoms with Gasteiger partial charge in [-0.05, 0) is 135 Å². The van der Waals surface area contributed by atoms with Crippen LogP contribution in [0.4, 0.5) is 0 Å². The lowest BCUT2D eigenvalue weighted by molar-refractivity contribution is -0.167. The summed E-state index contributed by atoms with van der Waals surface area (Å²) in [5.74, 6) is -0.902. The zero-order chi connectivity index (χ0) is 59.2. The Kier molecular flexibility index (Phi) is 65.3. The minimum absolute atomic E-state index is 0.0887. The van der Waals surface area contributed by atoms with Crippen LogP contribution in [0.3, 0.4) is 0 Å². The summed E-state index contributed by atoms with van der Waals surface area (Å²) < 4.78 is 17.0. The number of allylic oxidation sites excluding steroid dienone is 22. The SMILES string of the molecule is CC/C=C\C/C=C\C/C=C\C/C=C\C/C=C\CCCCCCCCCCCC(=O)OCC(COC(=O)CCCCCCC/C=C\CCCCCCC)OC(=O)CCCCCCCCCCC/C=C\C/C=C\C/C=C\C/C=C\C/C=C\CC. The standard InChI is InChI=1S/C76H126O6/c1-4-7-10-13-16-19-22-25-28-30-32-34-36-38-40-42-44-46-48-51-54-57-60-63-66-69-75(78)81-72-73(71-80-74(77)68-65-62-59-56-53-50-27-24-21-18-15-12-9-6-3)82-76(79)70-67-64-61-58-55-52-49-47-45-43-41-39-37-35-33-31-29-26-23-20-17-14-11-8-5-2/h7-8,10-11,16-17,19-20,24-29,32-35,38-41,73H,4-6,9,12-15,18,21-23,30-31,36-37,42-72H2,1-3H3/b10-7-,11-8-,19-16-,20-17-,27-24-,28-25-,29-26-,34-32-,35-33-,40-38-,41-39-. The van der Waals surface area contributed by atoms with E-state index in [4.69, 9.17) is 14.2 Å². The molecule has 1 atom stereocenters. The number of carbonyl (C=O) groups excluding carboxylic acids is 3. The average Bonchev–Trinajstić information content (AvgIpc) is 3.47. The van der Waals surface area contributed by atoms with Crippen molar-refractivity contribution < 1.29 is 28.6 Å². The monoisotopic (exact) mass is 1130 g/mol. The smallest absolute Gasteiger partial charge is 0.306 e. The van der Waals surface area contributed by atoms with Crippen LogP contribution in [0.5, 0.6) is 0 Å². The van der Waals surface area contributed by atoms with Gasteiger partial charge in [-0.3, -0.25) is 14.4 Å². The highest BCUT2D eigenvalue weighted by Crippen LogP contribution is 2.16. The van der Waals surface area contributed by atoms with Gasteiger partial charge in [0.1, 0.15) is 13.2 Å². The number of hydrogen-bond acceptors (Lipinski definition) is 6. The van der Waals surface area contributed by atoms with E-state index < -0.39 is 6.10 Å². The van der Waals surface area contributed by atoms with E-state index in [9.17, 15) is 14.4 Å². The lowest BCUT2D eigenvalue weighted by Crippen LogP contribution is -2.30. The molecule has 1 unspecified atom stereocenters. The number of ether oxygens (including phenoxy) is 3. The summed E-state index contributed by atoms with van der Waals surface area (Å²) in [5.41, 5.74) is 0. The highest BCUT2D eigenvalue weighted by Gasteiger charge is 2.19. The van der Waals surface area contributed by atoms with Crippen molar-refractivity contribution in [3.8, 4) is 0 Å². The third-order valence-corrected chi connectivity index (χ3v) is 14.4. The average molecular weight is 1140 g/mol. The predicted molar refractivity (Wildman–Crippen MR) is 357 cm³/mol. The molecule has 0 aromatic heterocycles. The first-order valence-corrected chi connectivity index (χ1v) is 34.2. The van der Waals surface area contributed by atoms with Gasteiger partial charge >= 0.3 is 17.9 Å². The van der Waals surface area contributed by atoms with Crippen molar-refractivity contribution in [2.24, 2.45) is 0 Å². The van der Waals surface area contributed by atoms with Crippen LogP contribution in [0.1, 0.15) is 310 Å². The Hall–Kier alpha value is -4.45. The Labute approximate surface area is 506 Å². The summed E-state index contributed by atoms with van der Waals surface area (Å²) in [5, 5.41) is 0. The van der Waals surface area contributed by atoms with E-state index in [1.54, 1.807) is 0 Å². The van der Waals surface area contributed by atoms with Crippen LogP contribution in [0.15, 0.2) is 134 Å². The summed E-state index contributed by atoms with van der Waals surface area (Å²) in [7, 11) is 0. The van der Waals surface area contributed by atoms with Gasteiger partial charge in [-0.25, -0.2) is 0 Å². The second-order valence-electron chi connectivity index (χ2n) is 22.3. The molecule has 0 aliphatic carbocycles. The Bertz CT molecular complexity index is 1730. The molecule has 6 heteroatoms. The topological polar surface area (TPSA) is 78.9 Å². The van der Waals surface area contributed by atoms with Crippen LogP contribution >= 0.6 is 0 Å². The zero-order valence-corrected chi connectivity index (χ0v) is 53.5. The quantitative estimate of drug-likeness (QED) is 0.0261. The lowest BCUT2D eigenvalue weighted by atomic mass is 10.1. The highest BCUT2D eigenvalue weighted by molar-refractivity contribution is 5.71. The van der Waals surface area contributed by atoms with Gasteiger partial charge in [0, 0.05) is 19.3 Å². The van der Waals surface area contributed by atoms with E-state index in [2.05, 4.69) is 154 Å². The molecule has 0 amide bonds. The summed E-state index contributed by atoms with van der Waals surface area (Å²) >= 11 is 0. The number of carbonyl (C=O) groups is 3. The first kappa shape index (κ1) is 77.5. The lowest BCUT2D eigenvalue weighted by Gasteiger charge is -2.18. The van der Waals surface area contributed by atoms with Gasteiger partial charge in [0.15, 0.2) is 6.10 Å². The van der Waals surface area contributed by atoms with Crippen LogP contribution in [0.25, 0.3) is 0 Å². The van der Waals surface area contributed by atoms with E-state index in [-0.39, 0.29) is 31.1 Å². The fraction of sp³-hybridized carbons (Fsp3) is 0.671. The summed E-state index contributed by atoms with van der Waals surface area (Å²) in [4.78, 5) is 38.4. The van der Waals surface area contributed by atoms with Crippen LogP contribution in [0.2, 0.25) is 0 Å². The van der Waals surface area contributed by atoms with Gasteiger partial charge in [0.05, 0.1) is 0 Å². The molecule has 0 saturated heterocycles. The van der Waals surface area contributed by atoms with Crippen LogP contribution in [-0.2, 0) is 28.6 Å². The molecule has 0 radical (unpaired) electrons. The zero-order valence-electron chi connectivity index (χ0n) is 53.5. The van der Waals surface area contributed by atoms with Gasteiger partial charge in [0.2, 0.25) is 0 Å². The molecule has 0 heterocycles. The molecule has 0 bridgehead atoms. The second-order valence-corrected chi connectivity index (χ2v) is 22.3. The molecule has 0 rings (SSSR count). The number of esters is 3. The summed E-state index contributed by atoms with van der Waals surface area (Å²) in [6.07, 6.45) is 97.4. The van der Waals surface area contributed by atoms with Crippen molar-refractivity contribution in [2.75, 3.05) is 13.2 Å². The van der Waals surface area contributed by atoms with E-state index in [1.807, 2.05) is 0 Å². The first-order chi connectivity index (χ1) is 40.5. The number of rotatable bonds is 61. The third-order valence-electron chi connectivity index (χ3n) is 14.4. The molecule has 0 saturated carbocycles. The molecule has 0 fully saturated rings.